The van der Waals surface area contributed by atoms with Crippen molar-refractivity contribution in [3.63, 3.8) is 0 Å². The molecule has 1 fully saturated rings. The molecule has 1 amide bonds. The molecule has 1 aliphatic rings. The first-order chi connectivity index (χ1) is 30.7. The van der Waals surface area contributed by atoms with Crippen LogP contribution in [-0.4, -0.2) is 100 Å². The van der Waals surface area contributed by atoms with Gasteiger partial charge in [-0.15, -0.1) is 0 Å². The molecule has 1 aliphatic heterocycles. The monoisotopic (exact) mass is 894 g/mol. The highest BCUT2D eigenvalue weighted by atomic mass is 16.7. The van der Waals surface area contributed by atoms with Crippen LogP contribution in [0.5, 0.6) is 0 Å². The Morgan fingerprint density at radius 3 is 1.67 bits per heavy atom. The fraction of sp³-hybridized carbons (Fsp3) is 0.846. The third kappa shape index (κ3) is 33.1. The average Bonchev–Trinajstić information content (AvgIpc) is 3.28. The van der Waals surface area contributed by atoms with Gasteiger partial charge in [0.2, 0.25) is 5.91 Å². The van der Waals surface area contributed by atoms with Gasteiger partial charge >= 0.3 is 5.97 Å². The minimum atomic E-state index is -1.58. The van der Waals surface area contributed by atoms with Crippen molar-refractivity contribution in [1.82, 2.24) is 5.32 Å². The summed E-state index contributed by atoms with van der Waals surface area (Å²) in [7, 11) is 0. The van der Waals surface area contributed by atoms with Crippen molar-refractivity contribution < 1.29 is 49.3 Å². The van der Waals surface area contributed by atoms with Gasteiger partial charge in [-0.25, -0.2) is 0 Å². The van der Waals surface area contributed by atoms with E-state index >= 15 is 0 Å². The van der Waals surface area contributed by atoms with Crippen LogP contribution in [0, 0.1) is 0 Å². The van der Waals surface area contributed by atoms with Crippen molar-refractivity contribution >= 4 is 11.9 Å². The summed E-state index contributed by atoms with van der Waals surface area (Å²) >= 11 is 0. The molecule has 11 heteroatoms. The Morgan fingerprint density at radius 1 is 0.587 bits per heavy atom. The van der Waals surface area contributed by atoms with Crippen LogP contribution in [0.4, 0.5) is 0 Å². The van der Waals surface area contributed by atoms with Crippen LogP contribution in [-0.2, 0) is 23.8 Å². The molecule has 368 valence electrons. The first-order valence-corrected chi connectivity index (χ1v) is 25.8. The number of hydrogen-bond acceptors (Lipinski definition) is 10. The van der Waals surface area contributed by atoms with Crippen LogP contribution in [0.25, 0.3) is 0 Å². The Kier molecular flexibility index (Phi) is 39.7. The summed E-state index contributed by atoms with van der Waals surface area (Å²) in [4.78, 5) is 25.0. The smallest absolute Gasteiger partial charge is 0.305 e. The molecule has 1 rings (SSSR count). The van der Waals surface area contributed by atoms with Crippen molar-refractivity contribution in [1.29, 1.82) is 0 Å². The summed E-state index contributed by atoms with van der Waals surface area (Å²) in [5.41, 5.74) is 0. The number of carbonyl (C=O) groups is 2. The number of nitrogens with one attached hydrogen (secondary N) is 1. The molecule has 0 saturated carbocycles. The van der Waals surface area contributed by atoms with Crippen molar-refractivity contribution in [2.45, 2.75) is 262 Å². The van der Waals surface area contributed by atoms with E-state index in [9.17, 15) is 35.1 Å². The maximum atomic E-state index is 12.9. The maximum Gasteiger partial charge on any atom is 0.305 e. The minimum absolute atomic E-state index is 0.0440. The van der Waals surface area contributed by atoms with Crippen LogP contribution >= 0.6 is 0 Å². The van der Waals surface area contributed by atoms with E-state index in [0.717, 1.165) is 83.5 Å². The molecule has 0 radical (unpaired) electrons. The standard InChI is InChI=1S/C52H95NO10/c1-3-5-7-9-11-13-14-16-20-24-28-32-36-40-48(57)61-41-37-33-29-25-21-18-15-17-19-23-27-31-35-39-47(56)53-44(45(55)38-34-30-26-22-12-10-8-6-4-2)43-62-52-51(60)50(59)49(58)46(42-54)63-52/h7,9,13-14,34,38,44-46,49-52,54-55,58-60H,3-6,8,10-12,15-33,35-37,39-43H2,1-2H3,(H,53,56)/b9-7-,14-13-,38-34+. The molecule has 1 heterocycles. The van der Waals surface area contributed by atoms with Gasteiger partial charge in [-0.3, -0.25) is 9.59 Å². The fourth-order valence-corrected chi connectivity index (χ4v) is 7.82. The molecule has 1 saturated heterocycles. The highest BCUT2D eigenvalue weighted by molar-refractivity contribution is 5.76. The zero-order valence-corrected chi connectivity index (χ0v) is 40.0. The predicted molar refractivity (Wildman–Crippen MR) is 255 cm³/mol. The fourth-order valence-electron chi connectivity index (χ4n) is 7.82. The SMILES string of the molecule is CCC/C=C\C/C=C\CCCCCCCC(=O)OCCCCCCCCCCCCCCCC(=O)NC(COC1OC(CO)C(O)C(O)C1O)C(O)/C=C/CCCCCCCCC. The van der Waals surface area contributed by atoms with Gasteiger partial charge in [0.25, 0.3) is 0 Å². The number of carbonyl (C=O) groups excluding carboxylic acids is 2. The number of esters is 1. The molecule has 0 aromatic carbocycles. The van der Waals surface area contributed by atoms with Gasteiger partial charge in [-0.2, -0.15) is 0 Å². The molecule has 11 nitrogen and oxygen atoms in total. The highest BCUT2D eigenvalue weighted by Gasteiger charge is 2.44. The molecule has 7 unspecified atom stereocenters. The van der Waals surface area contributed by atoms with Gasteiger partial charge < -0.3 is 45.1 Å². The van der Waals surface area contributed by atoms with E-state index in [4.69, 9.17) is 14.2 Å². The van der Waals surface area contributed by atoms with Crippen molar-refractivity contribution in [2.24, 2.45) is 0 Å². The van der Waals surface area contributed by atoms with Crippen molar-refractivity contribution in [2.75, 3.05) is 19.8 Å². The molecule has 6 N–H and O–H groups in total. The Balaban J connectivity index is 2.13. The first kappa shape index (κ1) is 58.9. The van der Waals surface area contributed by atoms with E-state index in [1.165, 1.54) is 109 Å². The van der Waals surface area contributed by atoms with Crippen LogP contribution in [0.2, 0.25) is 0 Å². The summed E-state index contributed by atoms with van der Waals surface area (Å²) in [6, 6.07) is -0.819. The second kappa shape index (κ2) is 42.5. The van der Waals surface area contributed by atoms with Crippen LogP contribution in [0.3, 0.4) is 0 Å². The second-order valence-electron chi connectivity index (χ2n) is 17.9. The molecular formula is C52H95NO10. The topological polar surface area (TPSA) is 175 Å². The second-order valence-corrected chi connectivity index (χ2v) is 17.9. The van der Waals surface area contributed by atoms with Crippen molar-refractivity contribution in [3.05, 3.63) is 36.5 Å². The summed E-state index contributed by atoms with van der Waals surface area (Å²) in [6.07, 6.45) is 39.4. The normalized spacial score (nSPS) is 20.3. The van der Waals surface area contributed by atoms with Gasteiger partial charge in [0, 0.05) is 12.8 Å². The molecule has 0 aliphatic carbocycles. The van der Waals surface area contributed by atoms with E-state index in [-0.39, 0.29) is 18.5 Å². The molecule has 0 aromatic heterocycles. The summed E-state index contributed by atoms with van der Waals surface area (Å²) in [5, 5.41) is 54.1. The molecule has 0 spiro atoms. The van der Waals surface area contributed by atoms with Gasteiger partial charge in [0.05, 0.1) is 32.0 Å². The number of rotatable bonds is 43. The van der Waals surface area contributed by atoms with Gasteiger partial charge in [0.15, 0.2) is 6.29 Å². The number of hydrogen-bond donors (Lipinski definition) is 6. The predicted octanol–water partition coefficient (Wildman–Crippen LogP) is 10.4. The Labute approximate surface area is 383 Å². The van der Waals surface area contributed by atoms with Crippen molar-refractivity contribution in [3.8, 4) is 0 Å². The Hall–Kier alpha value is -2.12. The van der Waals surface area contributed by atoms with Gasteiger partial charge in [-0.05, 0) is 57.8 Å². The lowest BCUT2D eigenvalue weighted by molar-refractivity contribution is -0.302. The lowest BCUT2D eigenvalue weighted by Crippen LogP contribution is -2.60. The van der Waals surface area contributed by atoms with E-state index in [1.54, 1.807) is 6.08 Å². The summed E-state index contributed by atoms with van der Waals surface area (Å²) < 4.78 is 16.6. The van der Waals surface area contributed by atoms with E-state index < -0.39 is 49.5 Å². The number of allylic oxidation sites excluding steroid dienone is 5. The lowest BCUT2D eigenvalue weighted by Gasteiger charge is -2.40. The zero-order chi connectivity index (χ0) is 46.0. The Bertz CT molecular complexity index is 1150. The quantitative estimate of drug-likeness (QED) is 0.0196. The van der Waals surface area contributed by atoms with Gasteiger partial charge in [-0.1, -0.05) is 185 Å². The zero-order valence-electron chi connectivity index (χ0n) is 40.0. The maximum absolute atomic E-state index is 12.9. The van der Waals surface area contributed by atoms with E-state index in [0.29, 0.717) is 19.4 Å². The number of aliphatic hydroxyl groups is 5. The first-order valence-electron chi connectivity index (χ1n) is 25.8. The third-order valence-electron chi connectivity index (χ3n) is 12.0. The van der Waals surface area contributed by atoms with E-state index in [2.05, 4.69) is 43.5 Å². The van der Waals surface area contributed by atoms with Crippen LogP contribution < -0.4 is 5.32 Å². The van der Waals surface area contributed by atoms with Crippen LogP contribution in [0.1, 0.15) is 219 Å². The molecule has 7 atom stereocenters. The minimum Gasteiger partial charge on any atom is -0.466 e. The molecule has 0 aromatic rings. The molecule has 0 bridgehead atoms. The molecular weight excluding hydrogens is 799 g/mol. The summed E-state index contributed by atoms with van der Waals surface area (Å²) in [6.45, 7) is 4.18. The Morgan fingerprint density at radius 2 is 1.10 bits per heavy atom. The number of ether oxygens (including phenoxy) is 3. The average molecular weight is 894 g/mol. The third-order valence-corrected chi connectivity index (χ3v) is 12.0. The van der Waals surface area contributed by atoms with Crippen LogP contribution in [0.15, 0.2) is 36.5 Å². The number of aliphatic hydroxyl groups excluding tert-OH is 5. The largest absolute Gasteiger partial charge is 0.466 e. The molecule has 63 heavy (non-hydrogen) atoms. The summed E-state index contributed by atoms with van der Waals surface area (Å²) in [5.74, 6) is -0.243. The number of unbranched alkanes of at least 4 members (excludes halogenated alkanes) is 25. The van der Waals surface area contributed by atoms with E-state index in [1.807, 2.05) is 6.08 Å². The number of amides is 1. The lowest BCUT2D eigenvalue weighted by atomic mass is 9.99. The van der Waals surface area contributed by atoms with Gasteiger partial charge in [0.1, 0.15) is 24.4 Å². The highest BCUT2D eigenvalue weighted by Crippen LogP contribution is 2.23.